The third-order valence-corrected chi connectivity index (χ3v) is 3.13. The predicted molar refractivity (Wildman–Crippen MR) is 71.8 cm³/mol. The van der Waals surface area contributed by atoms with Gasteiger partial charge in [-0.25, -0.2) is 4.39 Å². The normalized spacial score (nSPS) is 12.5. The molecule has 0 fully saturated rings. The third-order valence-electron chi connectivity index (χ3n) is 2.82. The minimum atomic E-state index is -0.346. The highest BCUT2D eigenvalue weighted by atomic mass is 35.5. The van der Waals surface area contributed by atoms with Crippen molar-refractivity contribution >= 4 is 11.6 Å². The summed E-state index contributed by atoms with van der Waals surface area (Å²) < 4.78 is 13.4. The minimum Gasteiger partial charge on any atom is -0.292 e. The first-order valence-corrected chi connectivity index (χ1v) is 6.30. The fourth-order valence-corrected chi connectivity index (χ4v) is 2.15. The Balaban J connectivity index is 2.91. The topological polar surface area (TPSA) is 3.24 Å². The summed E-state index contributed by atoms with van der Waals surface area (Å²) in [5.41, 5.74) is 1.01. The average molecular weight is 258 g/mol. The van der Waals surface area contributed by atoms with Crippen LogP contribution in [-0.2, 0) is 6.54 Å². The van der Waals surface area contributed by atoms with Crippen molar-refractivity contribution in [1.82, 2.24) is 4.90 Å². The Kier molecular flexibility index (Phi) is 4.56. The Morgan fingerprint density at radius 3 is 2.29 bits per heavy atom. The van der Waals surface area contributed by atoms with E-state index in [0.717, 1.165) is 12.1 Å². The highest BCUT2D eigenvalue weighted by molar-refractivity contribution is 6.30. The summed E-state index contributed by atoms with van der Waals surface area (Å²) in [6.45, 7) is 11.5. The molecule has 0 N–H and O–H groups in total. The summed E-state index contributed by atoms with van der Waals surface area (Å²) in [6.07, 6.45) is 0. The first-order valence-electron chi connectivity index (χ1n) is 5.92. The molecule has 1 nitrogen and oxygen atoms in total. The van der Waals surface area contributed by atoms with E-state index in [2.05, 4.69) is 39.5 Å². The highest BCUT2D eigenvalue weighted by Gasteiger charge is 2.24. The van der Waals surface area contributed by atoms with Crippen LogP contribution in [0.4, 0.5) is 4.39 Å². The van der Waals surface area contributed by atoms with Crippen LogP contribution in [0.3, 0.4) is 0 Å². The standard InChI is InChI=1S/C14H21ClFN/c1-10(2)17(14(3,4)5)9-11-6-7-12(15)13(16)8-11/h6-8,10H,9H2,1-5H3. The van der Waals surface area contributed by atoms with E-state index in [1.54, 1.807) is 6.07 Å². The molecule has 0 atom stereocenters. The Hall–Kier alpha value is -0.600. The largest absolute Gasteiger partial charge is 0.292 e. The lowest BCUT2D eigenvalue weighted by atomic mass is 10.0. The first kappa shape index (κ1) is 14.5. The van der Waals surface area contributed by atoms with E-state index in [1.165, 1.54) is 6.07 Å². The minimum absolute atomic E-state index is 0.0598. The van der Waals surface area contributed by atoms with E-state index in [9.17, 15) is 4.39 Å². The quantitative estimate of drug-likeness (QED) is 0.771. The van der Waals surface area contributed by atoms with Gasteiger partial charge in [0.15, 0.2) is 0 Å². The molecular weight excluding hydrogens is 237 g/mol. The highest BCUT2D eigenvalue weighted by Crippen LogP contribution is 2.22. The van der Waals surface area contributed by atoms with Crippen molar-refractivity contribution in [2.75, 3.05) is 0 Å². The zero-order chi connectivity index (χ0) is 13.2. The molecule has 0 saturated carbocycles. The molecule has 0 aliphatic heterocycles. The van der Waals surface area contributed by atoms with Crippen molar-refractivity contribution in [2.24, 2.45) is 0 Å². The molecule has 1 aromatic rings. The molecule has 0 saturated heterocycles. The fraction of sp³-hybridized carbons (Fsp3) is 0.571. The summed E-state index contributed by atoms with van der Waals surface area (Å²) in [5, 5.41) is 0.181. The zero-order valence-corrected chi connectivity index (χ0v) is 12.0. The molecule has 0 aliphatic carbocycles. The van der Waals surface area contributed by atoms with Crippen LogP contribution in [0.5, 0.6) is 0 Å². The van der Waals surface area contributed by atoms with Crippen molar-refractivity contribution in [2.45, 2.75) is 52.7 Å². The van der Waals surface area contributed by atoms with Crippen LogP contribution in [0.15, 0.2) is 18.2 Å². The number of hydrogen-bond donors (Lipinski definition) is 0. The van der Waals surface area contributed by atoms with Gasteiger partial charge >= 0.3 is 0 Å². The molecule has 96 valence electrons. The maximum absolute atomic E-state index is 13.4. The smallest absolute Gasteiger partial charge is 0.142 e. The molecule has 0 radical (unpaired) electrons. The Bertz CT molecular complexity index is 382. The lowest BCUT2D eigenvalue weighted by Gasteiger charge is -2.39. The third kappa shape index (κ3) is 3.97. The van der Waals surface area contributed by atoms with Crippen LogP contribution in [0.1, 0.15) is 40.2 Å². The molecule has 1 aromatic carbocycles. The predicted octanol–water partition coefficient (Wildman–Crippen LogP) is 4.49. The SMILES string of the molecule is CC(C)N(Cc1ccc(Cl)c(F)c1)C(C)(C)C. The summed E-state index contributed by atoms with van der Waals surface area (Å²) in [5.74, 6) is -0.346. The zero-order valence-electron chi connectivity index (χ0n) is 11.2. The molecule has 0 unspecified atom stereocenters. The van der Waals surface area contributed by atoms with E-state index in [1.807, 2.05) is 6.07 Å². The van der Waals surface area contributed by atoms with Crippen LogP contribution in [0, 0.1) is 5.82 Å². The number of benzene rings is 1. The van der Waals surface area contributed by atoms with Crippen molar-refractivity contribution in [3.8, 4) is 0 Å². The molecule has 0 bridgehead atoms. The van der Waals surface area contributed by atoms with Crippen LogP contribution in [0.2, 0.25) is 5.02 Å². The van der Waals surface area contributed by atoms with E-state index < -0.39 is 0 Å². The number of halogens is 2. The second-order valence-corrected chi connectivity index (χ2v) is 6.05. The summed E-state index contributed by atoms with van der Waals surface area (Å²) in [6, 6.07) is 5.43. The Morgan fingerprint density at radius 1 is 1.29 bits per heavy atom. The molecule has 0 amide bonds. The van der Waals surface area contributed by atoms with Gasteiger partial charge in [0.2, 0.25) is 0 Å². The second kappa shape index (κ2) is 5.36. The molecule has 3 heteroatoms. The molecular formula is C14H21ClFN. The summed E-state index contributed by atoms with van der Waals surface area (Å²) in [4.78, 5) is 2.33. The fourth-order valence-electron chi connectivity index (χ4n) is 2.03. The maximum atomic E-state index is 13.4. The Morgan fingerprint density at radius 2 is 1.88 bits per heavy atom. The van der Waals surface area contributed by atoms with Crippen LogP contribution in [-0.4, -0.2) is 16.5 Å². The molecule has 0 heterocycles. The van der Waals surface area contributed by atoms with Gasteiger partial charge in [0.05, 0.1) is 5.02 Å². The number of rotatable bonds is 3. The van der Waals surface area contributed by atoms with Gasteiger partial charge in [0, 0.05) is 18.1 Å². The van der Waals surface area contributed by atoms with Crippen molar-refractivity contribution in [3.05, 3.63) is 34.6 Å². The van der Waals surface area contributed by atoms with E-state index in [0.29, 0.717) is 6.04 Å². The first-order chi connectivity index (χ1) is 7.71. The summed E-state index contributed by atoms with van der Waals surface area (Å²) in [7, 11) is 0. The molecule has 0 aliphatic rings. The van der Waals surface area contributed by atoms with Crippen LogP contribution in [0.25, 0.3) is 0 Å². The van der Waals surface area contributed by atoms with Gasteiger partial charge < -0.3 is 0 Å². The van der Waals surface area contributed by atoms with Gasteiger partial charge in [-0.3, -0.25) is 4.90 Å². The van der Waals surface area contributed by atoms with Gasteiger partial charge in [-0.1, -0.05) is 17.7 Å². The molecule has 0 aromatic heterocycles. The van der Waals surface area contributed by atoms with E-state index >= 15 is 0 Å². The van der Waals surface area contributed by atoms with Gasteiger partial charge in [-0.05, 0) is 52.3 Å². The van der Waals surface area contributed by atoms with Crippen molar-refractivity contribution < 1.29 is 4.39 Å². The van der Waals surface area contributed by atoms with Crippen molar-refractivity contribution in [1.29, 1.82) is 0 Å². The van der Waals surface area contributed by atoms with E-state index in [-0.39, 0.29) is 16.4 Å². The van der Waals surface area contributed by atoms with Crippen LogP contribution >= 0.6 is 11.6 Å². The van der Waals surface area contributed by atoms with E-state index in [4.69, 9.17) is 11.6 Å². The number of nitrogens with zero attached hydrogens (tertiary/aromatic N) is 1. The molecule has 17 heavy (non-hydrogen) atoms. The van der Waals surface area contributed by atoms with Gasteiger partial charge in [0.25, 0.3) is 0 Å². The molecule has 0 spiro atoms. The monoisotopic (exact) mass is 257 g/mol. The number of hydrogen-bond acceptors (Lipinski definition) is 1. The second-order valence-electron chi connectivity index (χ2n) is 5.64. The lowest BCUT2D eigenvalue weighted by Crippen LogP contribution is -2.45. The lowest BCUT2D eigenvalue weighted by molar-refractivity contribution is 0.0900. The van der Waals surface area contributed by atoms with Crippen LogP contribution < -0.4 is 0 Å². The molecule has 1 rings (SSSR count). The van der Waals surface area contributed by atoms with Crippen molar-refractivity contribution in [3.63, 3.8) is 0 Å². The van der Waals surface area contributed by atoms with Gasteiger partial charge in [-0.2, -0.15) is 0 Å². The van der Waals surface area contributed by atoms with Gasteiger partial charge in [0.1, 0.15) is 5.82 Å². The Labute approximate surface area is 109 Å². The maximum Gasteiger partial charge on any atom is 0.142 e. The average Bonchev–Trinajstić information content (AvgIpc) is 2.17. The van der Waals surface area contributed by atoms with Gasteiger partial charge in [-0.15, -0.1) is 0 Å². The summed E-state index contributed by atoms with van der Waals surface area (Å²) >= 11 is 5.68.